The van der Waals surface area contributed by atoms with Crippen LogP contribution in [0.4, 0.5) is 0 Å². The van der Waals surface area contributed by atoms with Gasteiger partial charge in [0.1, 0.15) is 0 Å². The number of carboxylic acids is 1. The van der Waals surface area contributed by atoms with Crippen LogP contribution in [0.2, 0.25) is 0 Å². The number of nitrogens with one attached hydrogen (secondary N) is 1. The maximum Gasteiger partial charge on any atom is 0.362 e. The van der Waals surface area contributed by atoms with E-state index in [-0.39, 0.29) is 28.7 Å². The summed E-state index contributed by atoms with van der Waals surface area (Å²) in [5, 5.41) is 23.0. The van der Waals surface area contributed by atoms with Crippen molar-refractivity contribution in [1.82, 2.24) is 20.6 Å². The number of ketones is 1. The number of aromatic nitrogens is 4. The summed E-state index contributed by atoms with van der Waals surface area (Å²) in [6.07, 6.45) is 2.86. The zero-order chi connectivity index (χ0) is 22.7. The summed E-state index contributed by atoms with van der Waals surface area (Å²) in [4.78, 5) is 25.5. The second-order valence-electron chi connectivity index (χ2n) is 7.53. The molecule has 0 saturated heterocycles. The molecule has 0 fully saturated rings. The molecule has 1 aliphatic heterocycles. The van der Waals surface area contributed by atoms with Crippen LogP contribution >= 0.6 is 0 Å². The first-order chi connectivity index (χ1) is 15.5. The van der Waals surface area contributed by atoms with E-state index in [0.717, 1.165) is 31.2 Å². The van der Waals surface area contributed by atoms with Gasteiger partial charge in [0.25, 0.3) is 0 Å². The van der Waals surface area contributed by atoms with Crippen molar-refractivity contribution in [2.24, 2.45) is 5.73 Å². The Morgan fingerprint density at radius 2 is 1.97 bits per heavy atom. The topological polar surface area (TPSA) is 153 Å². The lowest BCUT2D eigenvalue weighted by molar-refractivity contribution is -0.171. The Bertz CT molecular complexity index is 1120. The molecule has 4 rings (SSSR count). The number of ether oxygens (including phenoxy) is 2. The molecule has 0 spiro atoms. The third kappa shape index (κ3) is 3.69. The van der Waals surface area contributed by atoms with Crippen LogP contribution in [0.1, 0.15) is 53.5 Å². The van der Waals surface area contributed by atoms with E-state index in [1.807, 2.05) is 12.1 Å². The number of unbranched alkanes of at least 4 members (excludes halogenated alkanes) is 2. The van der Waals surface area contributed by atoms with Crippen molar-refractivity contribution in [3.8, 4) is 11.5 Å². The minimum atomic E-state index is -2.28. The van der Waals surface area contributed by atoms with Gasteiger partial charge >= 0.3 is 11.6 Å². The standard InChI is InChI=1S/C22H23N5O5/c1-2-3-4-6-13-9-11-14(12-10-13)17(28)15-7-5-8-16-18(15)32-22(21(29)30,19(23)31-16)20-24-26-27-25-20/h5,7-12,19H,2-4,6,23H2,1H3,(H,29,30)(H,24,25,26,27). The number of H-pyrrole nitrogens is 1. The molecule has 1 aliphatic rings. The van der Waals surface area contributed by atoms with Crippen molar-refractivity contribution in [2.75, 3.05) is 0 Å². The Morgan fingerprint density at radius 3 is 2.62 bits per heavy atom. The average molecular weight is 437 g/mol. The van der Waals surface area contributed by atoms with Gasteiger partial charge < -0.3 is 14.6 Å². The number of aliphatic carboxylic acids is 1. The molecule has 32 heavy (non-hydrogen) atoms. The molecule has 166 valence electrons. The minimum Gasteiger partial charge on any atom is -0.478 e. The number of aromatic amines is 1. The summed E-state index contributed by atoms with van der Waals surface area (Å²) >= 11 is 0. The van der Waals surface area contributed by atoms with Crippen molar-refractivity contribution in [1.29, 1.82) is 0 Å². The maximum atomic E-state index is 13.3. The molecule has 2 atom stereocenters. The Labute approximate surface area is 183 Å². The first-order valence-corrected chi connectivity index (χ1v) is 10.3. The first kappa shape index (κ1) is 21.4. The SMILES string of the molecule is CCCCCc1ccc(C(=O)c2cccc3c2OC(C(=O)O)(c2nn[nH]n2)C(N)O3)cc1. The number of nitrogens with two attached hydrogens (primary N) is 1. The van der Waals surface area contributed by atoms with Gasteiger partial charge in [-0.25, -0.2) is 4.79 Å². The number of benzene rings is 2. The van der Waals surface area contributed by atoms with E-state index in [1.165, 1.54) is 0 Å². The van der Waals surface area contributed by atoms with E-state index in [1.54, 1.807) is 30.3 Å². The third-order valence-corrected chi connectivity index (χ3v) is 5.42. The molecular weight excluding hydrogens is 414 g/mol. The summed E-state index contributed by atoms with van der Waals surface area (Å²) in [5.74, 6) is -2.02. The average Bonchev–Trinajstić information content (AvgIpc) is 3.33. The van der Waals surface area contributed by atoms with Crippen LogP contribution in [0.25, 0.3) is 0 Å². The predicted molar refractivity (Wildman–Crippen MR) is 112 cm³/mol. The maximum absolute atomic E-state index is 13.3. The van der Waals surface area contributed by atoms with Crippen LogP contribution in [-0.2, 0) is 16.8 Å². The lowest BCUT2D eigenvalue weighted by atomic mass is 9.96. The molecule has 0 aliphatic carbocycles. The second-order valence-corrected chi connectivity index (χ2v) is 7.53. The van der Waals surface area contributed by atoms with Gasteiger partial charge in [0.05, 0.1) is 5.56 Å². The molecule has 1 aromatic heterocycles. The van der Waals surface area contributed by atoms with Crippen molar-refractivity contribution >= 4 is 11.8 Å². The molecule has 2 aromatic carbocycles. The van der Waals surface area contributed by atoms with Crippen LogP contribution in [-0.4, -0.2) is 43.7 Å². The Balaban J connectivity index is 1.68. The zero-order valence-electron chi connectivity index (χ0n) is 17.4. The van der Waals surface area contributed by atoms with Gasteiger partial charge in [0.2, 0.25) is 12.1 Å². The fourth-order valence-electron chi connectivity index (χ4n) is 3.64. The molecule has 3 aromatic rings. The number of tetrazole rings is 1. The molecule has 0 radical (unpaired) electrons. The first-order valence-electron chi connectivity index (χ1n) is 10.3. The zero-order valence-corrected chi connectivity index (χ0v) is 17.4. The quantitative estimate of drug-likeness (QED) is 0.355. The van der Waals surface area contributed by atoms with Gasteiger partial charge in [-0.3, -0.25) is 10.5 Å². The molecule has 2 unspecified atom stereocenters. The van der Waals surface area contributed by atoms with E-state index in [0.29, 0.717) is 5.56 Å². The van der Waals surface area contributed by atoms with Gasteiger partial charge in [-0.1, -0.05) is 50.1 Å². The fraction of sp³-hybridized carbons (Fsp3) is 0.318. The van der Waals surface area contributed by atoms with Crippen molar-refractivity contribution in [2.45, 2.75) is 44.4 Å². The molecule has 10 nitrogen and oxygen atoms in total. The summed E-state index contributed by atoms with van der Waals surface area (Å²) in [6, 6.07) is 12.1. The lowest BCUT2D eigenvalue weighted by Gasteiger charge is -2.37. The summed E-state index contributed by atoms with van der Waals surface area (Å²) in [6.45, 7) is 2.15. The molecule has 10 heteroatoms. The van der Waals surface area contributed by atoms with E-state index >= 15 is 0 Å². The number of hydrogen-bond acceptors (Lipinski definition) is 8. The smallest absolute Gasteiger partial charge is 0.362 e. The number of rotatable bonds is 8. The lowest BCUT2D eigenvalue weighted by Crippen LogP contribution is -2.60. The second kappa shape index (κ2) is 8.75. The number of hydrogen-bond donors (Lipinski definition) is 3. The molecular formula is C22H23N5O5. The highest BCUT2D eigenvalue weighted by atomic mass is 16.6. The highest BCUT2D eigenvalue weighted by Gasteiger charge is 2.58. The van der Waals surface area contributed by atoms with E-state index < -0.39 is 17.8 Å². The number of para-hydroxylation sites is 1. The van der Waals surface area contributed by atoms with Gasteiger partial charge in [-0.15, -0.1) is 10.2 Å². The van der Waals surface area contributed by atoms with Crippen LogP contribution in [0, 0.1) is 0 Å². The monoisotopic (exact) mass is 437 g/mol. The fourth-order valence-corrected chi connectivity index (χ4v) is 3.64. The molecule has 2 heterocycles. The normalized spacial score (nSPS) is 19.5. The molecule has 0 bridgehead atoms. The minimum absolute atomic E-state index is 0.0431. The Kier molecular flexibility index (Phi) is 5.87. The molecule has 0 amide bonds. The van der Waals surface area contributed by atoms with Gasteiger partial charge in [-0.2, -0.15) is 5.21 Å². The predicted octanol–water partition coefficient (Wildman–Crippen LogP) is 2.20. The number of carboxylic acid groups (broad SMARTS) is 1. The Hall–Kier alpha value is -3.79. The number of fused-ring (bicyclic) bond motifs is 1. The van der Waals surface area contributed by atoms with Crippen LogP contribution in [0.5, 0.6) is 11.5 Å². The molecule has 4 N–H and O–H groups in total. The van der Waals surface area contributed by atoms with E-state index in [2.05, 4.69) is 27.5 Å². The van der Waals surface area contributed by atoms with Gasteiger partial charge in [-0.05, 0) is 35.8 Å². The number of carbonyl (C=O) groups is 2. The van der Waals surface area contributed by atoms with Crippen molar-refractivity contribution in [3.05, 3.63) is 65.0 Å². The highest BCUT2D eigenvalue weighted by Crippen LogP contribution is 2.43. The number of nitrogens with zero attached hydrogens (tertiary/aromatic N) is 3. The summed E-state index contributed by atoms with van der Waals surface area (Å²) < 4.78 is 11.5. The van der Waals surface area contributed by atoms with Crippen LogP contribution < -0.4 is 15.2 Å². The molecule has 0 saturated carbocycles. The Morgan fingerprint density at radius 1 is 1.19 bits per heavy atom. The van der Waals surface area contributed by atoms with Gasteiger partial charge in [0, 0.05) is 5.56 Å². The summed E-state index contributed by atoms with van der Waals surface area (Å²) in [7, 11) is 0. The van der Waals surface area contributed by atoms with Crippen molar-refractivity contribution < 1.29 is 24.2 Å². The van der Waals surface area contributed by atoms with E-state index in [4.69, 9.17) is 15.2 Å². The highest BCUT2D eigenvalue weighted by molar-refractivity contribution is 6.11. The number of aryl methyl sites for hydroxylation is 1. The van der Waals surface area contributed by atoms with Crippen molar-refractivity contribution in [3.63, 3.8) is 0 Å². The van der Waals surface area contributed by atoms with E-state index in [9.17, 15) is 14.7 Å². The third-order valence-electron chi connectivity index (χ3n) is 5.42. The van der Waals surface area contributed by atoms with Crippen LogP contribution in [0.15, 0.2) is 42.5 Å². The summed E-state index contributed by atoms with van der Waals surface area (Å²) in [5.41, 5.74) is 5.44. The van der Waals surface area contributed by atoms with Crippen LogP contribution in [0.3, 0.4) is 0 Å². The number of carbonyl (C=O) groups excluding carboxylic acids is 1. The van der Waals surface area contributed by atoms with Gasteiger partial charge in [0.15, 0.2) is 17.3 Å². The largest absolute Gasteiger partial charge is 0.478 e.